The van der Waals surface area contributed by atoms with E-state index < -0.39 is 5.82 Å². The monoisotopic (exact) mass is 188 g/mol. The van der Waals surface area contributed by atoms with Crippen LogP contribution in [-0.4, -0.2) is 4.98 Å². The van der Waals surface area contributed by atoms with Crippen molar-refractivity contribution in [2.24, 2.45) is 5.73 Å². The SMILES string of the molecule is CC[C@@H](N)c1cnc(Cl)c(F)c1. The molecule has 0 aliphatic rings. The van der Waals surface area contributed by atoms with Gasteiger partial charge in [0.2, 0.25) is 0 Å². The standard InChI is InChI=1S/C8H10ClFN2/c1-2-7(11)5-3-6(10)8(9)12-4-5/h3-4,7H,2,11H2,1H3/t7-/m1/s1. The molecule has 0 unspecified atom stereocenters. The Kier molecular flexibility index (Phi) is 3.00. The lowest BCUT2D eigenvalue weighted by Crippen LogP contribution is -2.09. The predicted molar refractivity (Wildman–Crippen MR) is 46.4 cm³/mol. The van der Waals surface area contributed by atoms with Gasteiger partial charge in [0.1, 0.15) is 0 Å². The average molecular weight is 189 g/mol. The Morgan fingerprint density at radius 1 is 1.75 bits per heavy atom. The second kappa shape index (κ2) is 3.83. The van der Waals surface area contributed by atoms with E-state index in [9.17, 15) is 4.39 Å². The zero-order chi connectivity index (χ0) is 9.14. The second-order valence-electron chi connectivity index (χ2n) is 2.56. The average Bonchev–Trinajstić information content (AvgIpc) is 2.08. The van der Waals surface area contributed by atoms with Crippen molar-refractivity contribution in [3.8, 4) is 0 Å². The molecular formula is C8H10ClFN2. The van der Waals surface area contributed by atoms with E-state index in [0.29, 0.717) is 5.56 Å². The summed E-state index contributed by atoms with van der Waals surface area (Å²) < 4.78 is 12.8. The highest BCUT2D eigenvalue weighted by molar-refractivity contribution is 6.29. The smallest absolute Gasteiger partial charge is 0.164 e. The Morgan fingerprint density at radius 3 is 2.92 bits per heavy atom. The molecule has 12 heavy (non-hydrogen) atoms. The van der Waals surface area contributed by atoms with Gasteiger partial charge in [-0.25, -0.2) is 9.37 Å². The summed E-state index contributed by atoms with van der Waals surface area (Å²) in [6.07, 6.45) is 2.25. The molecule has 4 heteroatoms. The molecule has 1 rings (SSSR count). The molecule has 2 nitrogen and oxygen atoms in total. The highest BCUT2D eigenvalue weighted by Crippen LogP contribution is 2.17. The summed E-state index contributed by atoms with van der Waals surface area (Å²) in [6.45, 7) is 1.93. The van der Waals surface area contributed by atoms with Gasteiger partial charge >= 0.3 is 0 Å². The van der Waals surface area contributed by atoms with Crippen LogP contribution in [0.4, 0.5) is 4.39 Å². The first-order valence-corrected chi connectivity index (χ1v) is 4.09. The van der Waals surface area contributed by atoms with Gasteiger partial charge in [0.25, 0.3) is 0 Å². The van der Waals surface area contributed by atoms with Gasteiger partial charge in [-0.1, -0.05) is 18.5 Å². The maximum atomic E-state index is 12.8. The van der Waals surface area contributed by atoms with Crippen LogP contribution in [0.15, 0.2) is 12.3 Å². The van der Waals surface area contributed by atoms with Crippen LogP contribution in [-0.2, 0) is 0 Å². The van der Waals surface area contributed by atoms with Crippen LogP contribution >= 0.6 is 11.6 Å². The summed E-state index contributed by atoms with van der Waals surface area (Å²) in [5.74, 6) is -0.516. The van der Waals surface area contributed by atoms with Crippen LogP contribution in [0.1, 0.15) is 24.9 Å². The lowest BCUT2D eigenvalue weighted by atomic mass is 10.1. The fourth-order valence-electron chi connectivity index (χ4n) is 0.874. The molecular weight excluding hydrogens is 179 g/mol. The quantitative estimate of drug-likeness (QED) is 0.724. The molecule has 66 valence electrons. The Balaban J connectivity index is 2.96. The minimum Gasteiger partial charge on any atom is -0.324 e. The van der Waals surface area contributed by atoms with Crippen LogP contribution in [0.25, 0.3) is 0 Å². The lowest BCUT2D eigenvalue weighted by molar-refractivity contribution is 0.609. The molecule has 0 aromatic carbocycles. The van der Waals surface area contributed by atoms with E-state index in [4.69, 9.17) is 17.3 Å². The van der Waals surface area contributed by atoms with Gasteiger partial charge in [-0.05, 0) is 18.1 Å². The van der Waals surface area contributed by atoms with E-state index in [1.807, 2.05) is 6.92 Å². The summed E-state index contributed by atoms with van der Waals surface area (Å²) >= 11 is 5.40. The van der Waals surface area contributed by atoms with Gasteiger partial charge in [-0.3, -0.25) is 0 Å². The Labute approximate surface area is 75.6 Å². The fourth-order valence-corrected chi connectivity index (χ4v) is 0.978. The predicted octanol–water partition coefficient (Wildman–Crippen LogP) is 2.28. The number of halogens is 2. The number of hydrogen-bond acceptors (Lipinski definition) is 2. The van der Waals surface area contributed by atoms with Crippen molar-refractivity contribution in [2.75, 3.05) is 0 Å². The molecule has 0 saturated heterocycles. The number of nitrogens with zero attached hydrogens (tertiary/aromatic N) is 1. The first-order valence-electron chi connectivity index (χ1n) is 3.71. The van der Waals surface area contributed by atoms with E-state index in [2.05, 4.69) is 4.98 Å². The van der Waals surface area contributed by atoms with Gasteiger partial charge in [-0.15, -0.1) is 0 Å². The number of pyridine rings is 1. The summed E-state index contributed by atoms with van der Waals surface area (Å²) in [4.78, 5) is 3.66. The van der Waals surface area contributed by atoms with E-state index in [0.717, 1.165) is 6.42 Å². The number of hydrogen-bond donors (Lipinski definition) is 1. The van der Waals surface area contributed by atoms with Crippen molar-refractivity contribution >= 4 is 11.6 Å². The third-order valence-electron chi connectivity index (χ3n) is 1.69. The minimum absolute atomic E-state index is 0.109. The first kappa shape index (κ1) is 9.42. The zero-order valence-corrected chi connectivity index (χ0v) is 7.48. The van der Waals surface area contributed by atoms with E-state index in [-0.39, 0.29) is 11.2 Å². The summed E-state index contributed by atoms with van der Waals surface area (Å²) in [6, 6.07) is 1.16. The maximum absolute atomic E-state index is 12.8. The molecule has 1 heterocycles. The third-order valence-corrected chi connectivity index (χ3v) is 1.96. The molecule has 2 N–H and O–H groups in total. The summed E-state index contributed by atoms with van der Waals surface area (Å²) in [5, 5.41) is -0.109. The van der Waals surface area contributed by atoms with Crippen molar-refractivity contribution in [3.05, 3.63) is 28.8 Å². The van der Waals surface area contributed by atoms with Gasteiger partial charge in [-0.2, -0.15) is 0 Å². The minimum atomic E-state index is -0.516. The van der Waals surface area contributed by atoms with E-state index in [1.54, 1.807) is 0 Å². The van der Waals surface area contributed by atoms with Gasteiger partial charge in [0.15, 0.2) is 11.0 Å². The Hall–Kier alpha value is -0.670. The maximum Gasteiger partial charge on any atom is 0.164 e. The van der Waals surface area contributed by atoms with Crippen molar-refractivity contribution in [1.29, 1.82) is 0 Å². The van der Waals surface area contributed by atoms with E-state index in [1.165, 1.54) is 12.3 Å². The molecule has 0 bridgehead atoms. The molecule has 0 amide bonds. The third kappa shape index (κ3) is 1.93. The van der Waals surface area contributed by atoms with Gasteiger partial charge < -0.3 is 5.73 Å². The normalized spacial score (nSPS) is 13.0. The van der Waals surface area contributed by atoms with Crippen LogP contribution in [0, 0.1) is 5.82 Å². The van der Waals surface area contributed by atoms with Crippen molar-refractivity contribution in [2.45, 2.75) is 19.4 Å². The molecule has 1 aromatic rings. The Bertz CT molecular complexity index is 278. The largest absolute Gasteiger partial charge is 0.324 e. The second-order valence-corrected chi connectivity index (χ2v) is 2.91. The fraction of sp³-hybridized carbons (Fsp3) is 0.375. The first-order chi connectivity index (χ1) is 5.65. The molecule has 1 aromatic heterocycles. The van der Waals surface area contributed by atoms with Crippen molar-refractivity contribution in [1.82, 2.24) is 4.98 Å². The zero-order valence-electron chi connectivity index (χ0n) is 6.72. The highest BCUT2D eigenvalue weighted by atomic mass is 35.5. The molecule has 0 fully saturated rings. The summed E-state index contributed by atoms with van der Waals surface area (Å²) in [5.41, 5.74) is 6.34. The summed E-state index contributed by atoms with van der Waals surface area (Å²) in [7, 11) is 0. The highest BCUT2D eigenvalue weighted by Gasteiger charge is 2.07. The molecule has 0 spiro atoms. The number of nitrogens with two attached hydrogens (primary N) is 1. The van der Waals surface area contributed by atoms with Crippen LogP contribution in [0.3, 0.4) is 0 Å². The van der Waals surface area contributed by atoms with Gasteiger partial charge in [0.05, 0.1) is 0 Å². The van der Waals surface area contributed by atoms with Gasteiger partial charge in [0, 0.05) is 12.2 Å². The van der Waals surface area contributed by atoms with E-state index >= 15 is 0 Å². The molecule has 0 saturated carbocycles. The van der Waals surface area contributed by atoms with Crippen LogP contribution < -0.4 is 5.73 Å². The molecule has 0 aliphatic carbocycles. The topological polar surface area (TPSA) is 38.9 Å². The number of rotatable bonds is 2. The molecule has 0 radical (unpaired) electrons. The molecule has 0 aliphatic heterocycles. The number of aromatic nitrogens is 1. The van der Waals surface area contributed by atoms with Crippen LogP contribution in [0.5, 0.6) is 0 Å². The Morgan fingerprint density at radius 2 is 2.42 bits per heavy atom. The van der Waals surface area contributed by atoms with Crippen molar-refractivity contribution in [3.63, 3.8) is 0 Å². The molecule has 1 atom stereocenters. The van der Waals surface area contributed by atoms with Crippen molar-refractivity contribution < 1.29 is 4.39 Å². The van der Waals surface area contributed by atoms with Crippen LogP contribution in [0.2, 0.25) is 5.15 Å². The lowest BCUT2D eigenvalue weighted by Gasteiger charge is -2.07.